The maximum atomic E-state index is 5.82. The molecule has 1 aromatic rings. The van der Waals surface area contributed by atoms with Crippen LogP contribution in [0.5, 0.6) is 0 Å². The quantitative estimate of drug-likeness (QED) is 0.841. The van der Waals surface area contributed by atoms with Gasteiger partial charge in [-0.3, -0.25) is 0 Å². The van der Waals surface area contributed by atoms with E-state index >= 15 is 0 Å². The summed E-state index contributed by atoms with van der Waals surface area (Å²) in [7, 11) is 2.02. The maximum absolute atomic E-state index is 5.82. The van der Waals surface area contributed by atoms with Crippen LogP contribution in [0.15, 0.2) is 6.07 Å². The van der Waals surface area contributed by atoms with Gasteiger partial charge in [-0.15, -0.1) is 0 Å². The number of anilines is 2. The van der Waals surface area contributed by atoms with Gasteiger partial charge in [-0.1, -0.05) is 6.92 Å². The van der Waals surface area contributed by atoms with Crippen LogP contribution in [0.25, 0.3) is 0 Å². The zero-order valence-corrected chi connectivity index (χ0v) is 12.0. The van der Waals surface area contributed by atoms with Crippen molar-refractivity contribution < 1.29 is 4.74 Å². The third-order valence-corrected chi connectivity index (χ3v) is 3.33. The zero-order valence-electron chi connectivity index (χ0n) is 12.0. The Morgan fingerprint density at radius 2 is 2.00 bits per heavy atom. The molecule has 1 rings (SSSR count). The first kappa shape index (κ1) is 14.7. The van der Waals surface area contributed by atoms with E-state index in [4.69, 9.17) is 10.5 Å². The van der Waals surface area contributed by atoms with Crippen molar-refractivity contribution in [2.45, 2.75) is 46.3 Å². The fraction of sp³-hybridized carbons (Fsp3) is 0.692. The molecule has 0 spiro atoms. The van der Waals surface area contributed by atoms with Crippen LogP contribution < -0.4 is 10.6 Å². The second-order valence-electron chi connectivity index (χ2n) is 4.93. The summed E-state index contributed by atoms with van der Waals surface area (Å²) in [6.07, 6.45) is 1.02. The van der Waals surface area contributed by atoms with Gasteiger partial charge in [-0.2, -0.15) is 0 Å². The van der Waals surface area contributed by atoms with Gasteiger partial charge in [0.2, 0.25) is 0 Å². The van der Waals surface area contributed by atoms with Gasteiger partial charge in [-0.05, 0) is 27.2 Å². The number of aromatic nitrogens is 2. The highest BCUT2D eigenvalue weighted by molar-refractivity contribution is 5.48. The van der Waals surface area contributed by atoms with E-state index in [1.165, 1.54) is 0 Å². The van der Waals surface area contributed by atoms with Crippen molar-refractivity contribution in [3.8, 4) is 0 Å². The van der Waals surface area contributed by atoms with E-state index in [2.05, 4.69) is 35.6 Å². The first-order valence-electron chi connectivity index (χ1n) is 6.35. The summed E-state index contributed by atoms with van der Waals surface area (Å²) in [6, 6.07) is 1.80. The summed E-state index contributed by atoms with van der Waals surface area (Å²) >= 11 is 0. The third kappa shape index (κ3) is 3.57. The van der Waals surface area contributed by atoms with Gasteiger partial charge in [0, 0.05) is 25.3 Å². The minimum absolute atomic E-state index is 0.0314. The van der Waals surface area contributed by atoms with Gasteiger partial charge >= 0.3 is 0 Å². The molecule has 0 saturated carbocycles. The molecule has 2 N–H and O–H groups in total. The van der Waals surface area contributed by atoms with E-state index in [9.17, 15) is 0 Å². The van der Waals surface area contributed by atoms with Crippen molar-refractivity contribution >= 4 is 11.6 Å². The molecule has 0 aliphatic rings. The van der Waals surface area contributed by atoms with E-state index in [0.29, 0.717) is 24.9 Å². The molecule has 0 amide bonds. The molecule has 0 saturated heterocycles. The molecule has 5 heteroatoms. The normalized spacial score (nSPS) is 11.6. The lowest BCUT2D eigenvalue weighted by Crippen LogP contribution is -2.41. The predicted octanol–water partition coefficient (Wildman–Crippen LogP) is 2.22. The minimum atomic E-state index is 0.0314. The molecule has 102 valence electrons. The molecule has 5 nitrogen and oxygen atoms in total. The van der Waals surface area contributed by atoms with Gasteiger partial charge in [0.1, 0.15) is 18.2 Å². The van der Waals surface area contributed by atoms with Crippen molar-refractivity contribution in [1.82, 2.24) is 9.97 Å². The van der Waals surface area contributed by atoms with Crippen LogP contribution in [0.2, 0.25) is 0 Å². The topological polar surface area (TPSA) is 64.3 Å². The Labute approximate surface area is 109 Å². The second kappa shape index (κ2) is 6.00. The first-order chi connectivity index (χ1) is 8.40. The molecule has 1 heterocycles. The van der Waals surface area contributed by atoms with E-state index in [1.54, 1.807) is 6.07 Å². The molecule has 1 aromatic heterocycles. The lowest BCUT2D eigenvalue weighted by molar-refractivity contribution is 0.128. The Morgan fingerprint density at radius 3 is 2.56 bits per heavy atom. The molecule has 0 bridgehead atoms. The van der Waals surface area contributed by atoms with Crippen LogP contribution in [-0.4, -0.2) is 29.2 Å². The molecule has 18 heavy (non-hydrogen) atoms. The van der Waals surface area contributed by atoms with Crippen LogP contribution >= 0.6 is 0 Å². The molecular weight excluding hydrogens is 228 g/mol. The number of hydrogen-bond donors (Lipinski definition) is 1. The molecule has 0 aromatic carbocycles. The average Bonchev–Trinajstić information content (AvgIpc) is 2.34. The van der Waals surface area contributed by atoms with Crippen LogP contribution in [0.4, 0.5) is 11.6 Å². The number of rotatable bonds is 6. The van der Waals surface area contributed by atoms with E-state index < -0.39 is 0 Å². The maximum Gasteiger partial charge on any atom is 0.158 e. The van der Waals surface area contributed by atoms with Crippen LogP contribution in [0, 0.1) is 0 Å². The minimum Gasteiger partial charge on any atom is -0.384 e. The van der Waals surface area contributed by atoms with Gasteiger partial charge in [-0.25, -0.2) is 9.97 Å². The summed E-state index contributed by atoms with van der Waals surface area (Å²) in [5, 5.41) is 0. The summed E-state index contributed by atoms with van der Waals surface area (Å²) < 4.78 is 5.32. The number of hydrogen-bond acceptors (Lipinski definition) is 5. The van der Waals surface area contributed by atoms with Crippen LogP contribution in [0.1, 0.15) is 39.9 Å². The van der Waals surface area contributed by atoms with Crippen molar-refractivity contribution in [3.63, 3.8) is 0 Å². The Bertz CT molecular complexity index is 393. The van der Waals surface area contributed by atoms with Crippen LogP contribution in [-0.2, 0) is 11.3 Å². The largest absolute Gasteiger partial charge is 0.384 e. The van der Waals surface area contributed by atoms with E-state index in [-0.39, 0.29) is 5.54 Å². The van der Waals surface area contributed by atoms with Gasteiger partial charge < -0.3 is 15.4 Å². The average molecular weight is 252 g/mol. The lowest BCUT2D eigenvalue weighted by Gasteiger charge is -2.36. The monoisotopic (exact) mass is 252 g/mol. The van der Waals surface area contributed by atoms with Gasteiger partial charge in [0.15, 0.2) is 5.82 Å². The summed E-state index contributed by atoms with van der Waals surface area (Å²) in [5.74, 6) is 1.95. The third-order valence-electron chi connectivity index (χ3n) is 3.33. The highest BCUT2D eigenvalue weighted by Crippen LogP contribution is 2.24. The molecular formula is C13H24N4O. The van der Waals surface area contributed by atoms with Crippen molar-refractivity contribution in [3.05, 3.63) is 11.9 Å². The van der Waals surface area contributed by atoms with Gasteiger partial charge in [0.05, 0.1) is 0 Å². The fourth-order valence-corrected chi connectivity index (χ4v) is 1.48. The lowest BCUT2D eigenvalue weighted by atomic mass is 10.00. The first-order valence-corrected chi connectivity index (χ1v) is 6.35. The van der Waals surface area contributed by atoms with E-state index in [1.807, 2.05) is 14.0 Å². The van der Waals surface area contributed by atoms with Crippen molar-refractivity contribution in [2.75, 3.05) is 24.3 Å². The number of nitrogens with two attached hydrogens (primary N) is 1. The standard InChI is InChI=1S/C13H24N4O/c1-6-13(3,4)17(5)12-8-10(14)15-11(16-12)9-18-7-2/h8H,6-7,9H2,1-5H3,(H2,14,15,16). The van der Waals surface area contributed by atoms with Crippen molar-refractivity contribution in [2.24, 2.45) is 0 Å². The fourth-order valence-electron chi connectivity index (χ4n) is 1.48. The molecule has 0 atom stereocenters. The molecule has 0 radical (unpaired) electrons. The summed E-state index contributed by atoms with van der Waals surface area (Å²) in [5.41, 5.74) is 5.85. The number of nitrogen functional groups attached to an aromatic ring is 1. The van der Waals surface area contributed by atoms with E-state index in [0.717, 1.165) is 12.2 Å². The number of nitrogens with zero attached hydrogens (tertiary/aromatic N) is 3. The second-order valence-corrected chi connectivity index (χ2v) is 4.93. The molecule has 0 aliphatic heterocycles. The van der Waals surface area contributed by atoms with Gasteiger partial charge in [0.25, 0.3) is 0 Å². The Morgan fingerprint density at radius 1 is 1.33 bits per heavy atom. The molecule has 0 fully saturated rings. The smallest absolute Gasteiger partial charge is 0.158 e. The summed E-state index contributed by atoms with van der Waals surface area (Å²) in [6.45, 7) is 9.49. The molecule has 0 unspecified atom stereocenters. The Hall–Kier alpha value is -1.36. The van der Waals surface area contributed by atoms with Crippen LogP contribution in [0.3, 0.4) is 0 Å². The zero-order chi connectivity index (χ0) is 13.8. The molecule has 0 aliphatic carbocycles. The highest BCUT2D eigenvalue weighted by atomic mass is 16.5. The Balaban J connectivity index is 2.98. The number of ether oxygens (including phenoxy) is 1. The SMILES string of the molecule is CCOCc1nc(N)cc(N(C)C(C)(C)CC)n1. The Kier molecular flexibility index (Phi) is 4.90. The predicted molar refractivity (Wildman–Crippen MR) is 74.5 cm³/mol. The highest BCUT2D eigenvalue weighted by Gasteiger charge is 2.23. The van der Waals surface area contributed by atoms with Crippen molar-refractivity contribution in [1.29, 1.82) is 0 Å². The summed E-state index contributed by atoms with van der Waals surface area (Å²) in [4.78, 5) is 10.8.